The Morgan fingerprint density at radius 2 is 1.90 bits per heavy atom. The van der Waals surface area contributed by atoms with Crippen molar-refractivity contribution >= 4 is 35.0 Å². The van der Waals surface area contributed by atoms with Crippen molar-refractivity contribution < 1.29 is 4.79 Å². The maximum atomic E-state index is 12.4. The Balaban J connectivity index is 1.70. The van der Waals surface area contributed by atoms with Crippen molar-refractivity contribution in [3.8, 4) is 0 Å². The summed E-state index contributed by atoms with van der Waals surface area (Å²) in [6, 6.07) is 15.6. The monoisotopic (exact) mass is 317 g/mol. The van der Waals surface area contributed by atoms with Crippen LogP contribution in [0.5, 0.6) is 0 Å². The van der Waals surface area contributed by atoms with Gasteiger partial charge in [0.25, 0.3) is 0 Å². The number of anilines is 1. The molecule has 4 heteroatoms. The summed E-state index contributed by atoms with van der Waals surface area (Å²) in [7, 11) is 0. The van der Waals surface area contributed by atoms with Crippen LogP contribution in [0.25, 0.3) is 0 Å². The molecule has 1 fully saturated rings. The summed E-state index contributed by atoms with van der Waals surface area (Å²) in [5.41, 5.74) is 1.97. The number of para-hydroxylation sites is 1. The van der Waals surface area contributed by atoms with Gasteiger partial charge in [-0.05, 0) is 42.4 Å². The molecule has 0 saturated heterocycles. The molecule has 1 N–H and O–H groups in total. The van der Waals surface area contributed by atoms with Crippen LogP contribution in [0.15, 0.2) is 53.4 Å². The van der Waals surface area contributed by atoms with Crippen LogP contribution in [0, 0.1) is 5.92 Å². The van der Waals surface area contributed by atoms with Crippen LogP contribution in [0.1, 0.15) is 17.9 Å². The maximum absolute atomic E-state index is 12.4. The topological polar surface area (TPSA) is 29.1 Å². The molecule has 0 aliphatic heterocycles. The van der Waals surface area contributed by atoms with Gasteiger partial charge in [-0.2, -0.15) is 0 Å². The first-order chi connectivity index (χ1) is 10.2. The van der Waals surface area contributed by atoms with Gasteiger partial charge in [0.15, 0.2) is 0 Å². The van der Waals surface area contributed by atoms with E-state index in [9.17, 15) is 4.79 Å². The fourth-order valence-corrected chi connectivity index (χ4v) is 3.41. The smallest absolute Gasteiger partial charge is 0.228 e. The second-order valence-corrected chi connectivity index (χ2v) is 6.42. The summed E-state index contributed by atoms with van der Waals surface area (Å²) < 4.78 is 0. The van der Waals surface area contributed by atoms with Gasteiger partial charge in [-0.25, -0.2) is 0 Å². The number of nitrogens with one attached hydrogen (secondary N) is 1. The third-order valence-corrected chi connectivity index (χ3v) is 4.94. The molecule has 0 aromatic heterocycles. The number of halogens is 1. The molecule has 0 spiro atoms. The molecule has 2 aromatic rings. The normalized spacial score (nSPS) is 20.1. The molecule has 0 bridgehead atoms. The highest BCUT2D eigenvalue weighted by atomic mass is 35.5. The molecular formula is C17H16ClNOS. The lowest BCUT2D eigenvalue weighted by atomic mass is 10.1. The van der Waals surface area contributed by atoms with Crippen LogP contribution in [0.2, 0.25) is 5.02 Å². The minimum Gasteiger partial charge on any atom is -0.325 e. The zero-order valence-corrected chi connectivity index (χ0v) is 13.2. The Morgan fingerprint density at radius 3 is 2.67 bits per heavy atom. The molecule has 21 heavy (non-hydrogen) atoms. The summed E-state index contributed by atoms with van der Waals surface area (Å²) in [6.45, 7) is 0. The summed E-state index contributed by atoms with van der Waals surface area (Å²) in [4.78, 5) is 13.5. The van der Waals surface area contributed by atoms with E-state index in [2.05, 4.69) is 5.32 Å². The maximum Gasteiger partial charge on any atom is 0.228 e. The Morgan fingerprint density at radius 1 is 1.19 bits per heavy atom. The summed E-state index contributed by atoms with van der Waals surface area (Å²) in [5.74, 6) is 0.362. The van der Waals surface area contributed by atoms with Crippen molar-refractivity contribution in [1.82, 2.24) is 0 Å². The van der Waals surface area contributed by atoms with Gasteiger partial charge < -0.3 is 5.32 Å². The molecule has 1 aliphatic carbocycles. The molecule has 1 aliphatic rings. The van der Waals surface area contributed by atoms with Gasteiger partial charge in [0.1, 0.15) is 0 Å². The molecule has 0 heterocycles. The van der Waals surface area contributed by atoms with Crippen LogP contribution >= 0.6 is 23.4 Å². The summed E-state index contributed by atoms with van der Waals surface area (Å²) in [6.07, 6.45) is 2.88. The first kappa shape index (κ1) is 14.5. The number of benzene rings is 2. The minimum absolute atomic E-state index is 0.0276. The van der Waals surface area contributed by atoms with E-state index in [4.69, 9.17) is 11.6 Å². The van der Waals surface area contributed by atoms with Gasteiger partial charge in [-0.15, -0.1) is 11.8 Å². The Kier molecular flexibility index (Phi) is 4.22. The SMILES string of the molecule is CSc1ccccc1NC(=O)C1CC1c1ccccc1Cl. The lowest BCUT2D eigenvalue weighted by molar-refractivity contribution is -0.117. The second kappa shape index (κ2) is 6.12. The average molecular weight is 318 g/mol. The largest absolute Gasteiger partial charge is 0.325 e. The van der Waals surface area contributed by atoms with Gasteiger partial charge in [-0.3, -0.25) is 4.79 Å². The fraction of sp³-hybridized carbons (Fsp3) is 0.235. The van der Waals surface area contributed by atoms with E-state index in [1.807, 2.05) is 54.8 Å². The van der Waals surface area contributed by atoms with E-state index in [0.29, 0.717) is 0 Å². The number of hydrogen-bond donors (Lipinski definition) is 1. The quantitative estimate of drug-likeness (QED) is 0.820. The van der Waals surface area contributed by atoms with Gasteiger partial charge in [0, 0.05) is 15.8 Å². The van der Waals surface area contributed by atoms with Gasteiger partial charge >= 0.3 is 0 Å². The molecule has 1 amide bonds. The Labute approximate surface area is 133 Å². The average Bonchev–Trinajstić information content (AvgIpc) is 3.29. The van der Waals surface area contributed by atoms with E-state index >= 15 is 0 Å². The van der Waals surface area contributed by atoms with E-state index in [-0.39, 0.29) is 17.7 Å². The van der Waals surface area contributed by atoms with Crippen molar-refractivity contribution in [1.29, 1.82) is 0 Å². The number of carbonyl (C=O) groups excluding carboxylic acids is 1. The number of carbonyl (C=O) groups is 1. The molecule has 2 unspecified atom stereocenters. The van der Waals surface area contributed by atoms with Gasteiger partial charge in [0.2, 0.25) is 5.91 Å². The number of hydrogen-bond acceptors (Lipinski definition) is 2. The van der Waals surface area contributed by atoms with Crippen LogP contribution in [-0.2, 0) is 4.79 Å². The predicted octanol–water partition coefficient (Wildman–Crippen LogP) is 4.80. The number of amides is 1. The lowest BCUT2D eigenvalue weighted by Gasteiger charge is -2.09. The molecular weight excluding hydrogens is 302 g/mol. The second-order valence-electron chi connectivity index (χ2n) is 5.16. The highest BCUT2D eigenvalue weighted by molar-refractivity contribution is 7.98. The third-order valence-electron chi connectivity index (χ3n) is 3.80. The van der Waals surface area contributed by atoms with Gasteiger partial charge in [0.05, 0.1) is 5.69 Å². The minimum atomic E-state index is 0.0276. The number of thioether (sulfide) groups is 1. The highest BCUT2D eigenvalue weighted by Crippen LogP contribution is 2.50. The van der Waals surface area contributed by atoms with Crippen molar-refractivity contribution in [2.75, 3.05) is 11.6 Å². The van der Waals surface area contributed by atoms with Crippen molar-refractivity contribution in [2.45, 2.75) is 17.2 Å². The van der Waals surface area contributed by atoms with Gasteiger partial charge in [-0.1, -0.05) is 41.9 Å². The molecule has 2 atom stereocenters. The molecule has 0 radical (unpaired) electrons. The number of rotatable bonds is 4. The predicted molar refractivity (Wildman–Crippen MR) is 89.2 cm³/mol. The first-order valence-electron chi connectivity index (χ1n) is 6.89. The van der Waals surface area contributed by atoms with E-state index in [0.717, 1.165) is 27.6 Å². The fourth-order valence-electron chi connectivity index (χ4n) is 2.58. The summed E-state index contributed by atoms with van der Waals surface area (Å²) >= 11 is 7.84. The third kappa shape index (κ3) is 3.09. The zero-order valence-electron chi connectivity index (χ0n) is 11.7. The Bertz CT molecular complexity index is 673. The van der Waals surface area contributed by atoms with Crippen molar-refractivity contribution in [2.24, 2.45) is 5.92 Å². The first-order valence-corrected chi connectivity index (χ1v) is 8.49. The van der Waals surface area contributed by atoms with Crippen LogP contribution < -0.4 is 5.32 Å². The molecule has 2 aromatic carbocycles. The lowest BCUT2D eigenvalue weighted by Crippen LogP contribution is -2.15. The van der Waals surface area contributed by atoms with E-state index in [1.54, 1.807) is 11.8 Å². The molecule has 2 nitrogen and oxygen atoms in total. The highest BCUT2D eigenvalue weighted by Gasteiger charge is 2.44. The van der Waals surface area contributed by atoms with Crippen LogP contribution in [0.3, 0.4) is 0 Å². The van der Waals surface area contributed by atoms with E-state index in [1.165, 1.54) is 0 Å². The summed E-state index contributed by atoms with van der Waals surface area (Å²) in [5, 5.41) is 3.79. The van der Waals surface area contributed by atoms with Crippen molar-refractivity contribution in [3.05, 3.63) is 59.1 Å². The zero-order chi connectivity index (χ0) is 14.8. The molecule has 1 saturated carbocycles. The van der Waals surface area contributed by atoms with Crippen LogP contribution in [-0.4, -0.2) is 12.2 Å². The molecule has 3 rings (SSSR count). The van der Waals surface area contributed by atoms with Crippen molar-refractivity contribution in [3.63, 3.8) is 0 Å². The van der Waals surface area contributed by atoms with Crippen LogP contribution in [0.4, 0.5) is 5.69 Å². The standard InChI is InChI=1S/C17H16ClNOS/c1-21-16-9-5-4-8-15(16)19-17(20)13-10-12(13)11-6-2-3-7-14(11)18/h2-9,12-13H,10H2,1H3,(H,19,20). The Hall–Kier alpha value is -1.45. The van der Waals surface area contributed by atoms with E-state index < -0.39 is 0 Å². The molecule has 108 valence electrons.